The van der Waals surface area contributed by atoms with Crippen LogP contribution in [0.25, 0.3) is 0 Å². The molecule has 0 aromatic carbocycles. The van der Waals surface area contributed by atoms with E-state index in [2.05, 4.69) is 10.4 Å². The normalized spacial score (nSPS) is 29.3. The molecule has 1 aromatic rings. The minimum atomic E-state index is -0.0749. The fourth-order valence-electron chi connectivity index (χ4n) is 4.75. The number of aryl methyl sites for hydroxylation is 1. The second kappa shape index (κ2) is 8.34. The summed E-state index contributed by atoms with van der Waals surface area (Å²) in [5.41, 5.74) is 1.11. The van der Waals surface area contributed by atoms with E-state index in [9.17, 15) is 9.59 Å². The van der Waals surface area contributed by atoms with Gasteiger partial charge in [0.15, 0.2) is 0 Å². The monoisotopic (exact) mass is 403 g/mol. The lowest BCUT2D eigenvalue weighted by Crippen LogP contribution is -2.46. The van der Waals surface area contributed by atoms with E-state index in [1.54, 1.807) is 19.0 Å². The van der Waals surface area contributed by atoms with E-state index < -0.39 is 0 Å². The number of aromatic nitrogens is 2. The molecule has 3 amide bonds. The number of amides is 3. The predicted molar refractivity (Wildman–Crippen MR) is 108 cm³/mol. The summed E-state index contributed by atoms with van der Waals surface area (Å²) in [5.74, 6) is 0.825. The first kappa shape index (κ1) is 20.2. The van der Waals surface area contributed by atoms with Crippen LogP contribution < -0.4 is 5.32 Å². The van der Waals surface area contributed by atoms with Crippen LogP contribution in [0.4, 0.5) is 4.79 Å². The van der Waals surface area contributed by atoms with E-state index >= 15 is 0 Å². The van der Waals surface area contributed by atoms with Crippen molar-refractivity contribution in [2.75, 3.05) is 33.8 Å². The number of fused-ring (bicyclic) bond motifs is 1. The summed E-state index contributed by atoms with van der Waals surface area (Å²) in [4.78, 5) is 28.2. The highest BCUT2D eigenvalue weighted by atomic mass is 16.5. The SMILES string of the molecule is Cc1cnn([C@H]2C[C@H]3CN(C(=O)NC4CCC4)C[C@H]3C[C@@H]2OCC(=O)N(C)C)c1. The summed E-state index contributed by atoms with van der Waals surface area (Å²) in [5, 5.41) is 7.69. The molecule has 1 saturated heterocycles. The van der Waals surface area contributed by atoms with Crippen LogP contribution in [0.3, 0.4) is 0 Å². The average Bonchev–Trinajstić information content (AvgIpc) is 3.27. The quantitative estimate of drug-likeness (QED) is 0.813. The fraction of sp³-hybridized carbons (Fsp3) is 0.762. The zero-order valence-corrected chi connectivity index (χ0v) is 17.7. The van der Waals surface area contributed by atoms with Crippen LogP contribution in [0.1, 0.15) is 43.7 Å². The van der Waals surface area contributed by atoms with Gasteiger partial charge in [-0.05, 0) is 56.4 Å². The molecule has 0 bridgehead atoms. The van der Waals surface area contributed by atoms with Crippen LogP contribution in [-0.4, -0.2) is 77.5 Å². The van der Waals surface area contributed by atoms with Crippen LogP contribution in [0, 0.1) is 18.8 Å². The molecule has 8 heteroatoms. The van der Waals surface area contributed by atoms with E-state index in [0.717, 1.165) is 44.3 Å². The van der Waals surface area contributed by atoms with Gasteiger partial charge in [0, 0.05) is 39.4 Å². The Kier molecular flexibility index (Phi) is 5.81. The Morgan fingerprint density at radius 2 is 1.97 bits per heavy atom. The third-order valence-electron chi connectivity index (χ3n) is 6.79. The van der Waals surface area contributed by atoms with Gasteiger partial charge in [-0.15, -0.1) is 0 Å². The Labute approximate surface area is 172 Å². The third kappa shape index (κ3) is 4.42. The topological polar surface area (TPSA) is 79.7 Å². The van der Waals surface area contributed by atoms with Gasteiger partial charge in [-0.2, -0.15) is 5.10 Å². The highest BCUT2D eigenvalue weighted by Crippen LogP contribution is 2.42. The Hall–Kier alpha value is -2.09. The number of nitrogens with one attached hydrogen (secondary N) is 1. The van der Waals surface area contributed by atoms with Crippen molar-refractivity contribution >= 4 is 11.9 Å². The standard InChI is InChI=1S/C21H33N5O3/c1-14-9-22-26(10-14)18-7-15-11-25(21(28)23-17-5-4-6-17)12-16(15)8-19(18)29-13-20(27)24(2)3/h9-10,15-19H,4-8,11-13H2,1-3H3,(H,23,28)/t15-,16+,18-,19-/m0/s1. The number of urea groups is 1. The van der Waals surface area contributed by atoms with Crippen molar-refractivity contribution in [3.05, 3.63) is 18.0 Å². The van der Waals surface area contributed by atoms with Crippen LogP contribution in [0.15, 0.2) is 12.4 Å². The average molecular weight is 404 g/mol. The molecule has 1 aromatic heterocycles. The predicted octanol–water partition coefficient (Wildman–Crippen LogP) is 1.81. The summed E-state index contributed by atoms with van der Waals surface area (Å²) in [6, 6.07) is 0.531. The van der Waals surface area contributed by atoms with Gasteiger partial charge in [-0.1, -0.05) is 0 Å². The van der Waals surface area contributed by atoms with E-state index in [0.29, 0.717) is 17.9 Å². The summed E-state index contributed by atoms with van der Waals surface area (Å²) < 4.78 is 8.10. The van der Waals surface area contributed by atoms with Gasteiger partial charge >= 0.3 is 6.03 Å². The van der Waals surface area contributed by atoms with Crippen LogP contribution >= 0.6 is 0 Å². The van der Waals surface area contributed by atoms with Gasteiger partial charge in [0.25, 0.3) is 0 Å². The molecule has 4 rings (SSSR count). The molecule has 0 radical (unpaired) electrons. The highest BCUT2D eigenvalue weighted by molar-refractivity contribution is 5.76. The zero-order chi connectivity index (χ0) is 20.5. The molecule has 160 valence electrons. The van der Waals surface area contributed by atoms with Crippen LogP contribution in [0.5, 0.6) is 0 Å². The largest absolute Gasteiger partial charge is 0.366 e. The van der Waals surface area contributed by atoms with E-state index in [-0.39, 0.29) is 30.7 Å². The first-order valence-corrected chi connectivity index (χ1v) is 10.8. The number of ether oxygens (including phenoxy) is 1. The van der Waals surface area contributed by atoms with Crippen molar-refractivity contribution in [3.63, 3.8) is 0 Å². The molecule has 3 aliphatic rings. The van der Waals surface area contributed by atoms with Crippen molar-refractivity contribution in [2.45, 2.75) is 57.2 Å². The zero-order valence-electron chi connectivity index (χ0n) is 17.7. The Balaban J connectivity index is 1.43. The minimum absolute atomic E-state index is 0.0320. The second-order valence-corrected chi connectivity index (χ2v) is 9.18. The Bertz CT molecular complexity index is 744. The molecule has 29 heavy (non-hydrogen) atoms. The molecule has 1 N–H and O–H groups in total. The summed E-state index contributed by atoms with van der Waals surface area (Å²) >= 11 is 0. The Morgan fingerprint density at radius 3 is 2.55 bits per heavy atom. The number of nitrogens with zero attached hydrogens (tertiary/aromatic N) is 4. The smallest absolute Gasteiger partial charge is 0.317 e. The molecule has 8 nitrogen and oxygen atoms in total. The molecule has 2 saturated carbocycles. The van der Waals surface area contributed by atoms with Gasteiger partial charge in [0.2, 0.25) is 5.91 Å². The van der Waals surface area contributed by atoms with Crippen LogP contribution in [0.2, 0.25) is 0 Å². The maximum Gasteiger partial charge on any atom is 0.317 e. The molecule has 2 aliphatic carbocycles. The van der Waals surface area contributed by atoms with E-state index in [4.69, 9.17) is 4.74 Å². The van der Waals surface area contributed by atoms with E-state index in [1.165, 1.54) is 6.42 Å². The molecule has 0 unspecified atom stereocenters. The lowest BCUT2D eigenvalue weighted by Gasteiger charge is -2.37. The second-order valence-electron chi connectivity index (χ2n) is 9.18. The highest BCUT2D eigenvalue weighted by Gasteiger charge is 2.45. The van der Waals surface area contributed by atoms with E-state index in [1.807, 2.05) is 28.9 Å². The molecule has 0 spiro atoms. The summed E-state index contributed by atoms with van der Waals surface area (Å²) in [7, 11) is 3.49. The number of rotatable bonds is 5. The van der Waals surface area contributed by atoms with Crippen molar-refractivity contribution in [3.8, 4) is 0 Å². The summed E-state index contributed by atoms with van der Waals surface area (Å²) in [6.45, 7) is 3.68. The molecule has 3 fully saturated rings. The first-order chi connectivity index (χ1) is 13.9. The molecule has 1 aliphatic heterocycles. The number of carbonyl (C=O) groups excluding carboxylic acids is 2. The van der Waals surface area contributed by atoms with Crippen molar-refractivity contribution < 1.29 is 14.3 Å². The molecule has 4 atom stereocenters. The third-order valence-corrected chi connectivity index (χ3v) is 6.79. The maximum absolute atomic E-state index is 12.6. The molecular weight excluding hydrogens is 370 g/mol. The van der Waals surface area contributed by atoms with Gasteiger partial charge in [0.05, 0.1) is 18.3 Å². The molecular formula is C21H33N5O3. The van der Waals surface area contributed by atoms with Gasteiger partial charge in [-0.25, -0.2) is 4.79 Å². The van der Waals surface area contributed by atoms with Crippen LogP contribution in [-0.2, 0) is 9.53 Å². The van der Waals surface area contributed by atoms with Crippen molar-refractivity contribution in [2.24, 2.45) is 11.8 Å². The minimum Gasteiger partial charge on any atom is -0.366 e. The van der Waals surface area contributed by atoms with Crippen molar-refractivity contribution in [1.29, 1.82) is 0 Å². The lowest BCUT2D eigenvalue weighted by atomic mass is 9.77. The number of likely N-dealkylation sites (tertiary alicyclic amines) is 1. The molecule has 2 heterocycles. The Morgan fingerprint density at radius 1 is 1.24 bits per heavy atom. The fourth-order valence-corrected chi connectivity index (χ4v) is 4.75. The first-order valence-electron chi connectivity index (χ1n) is 10.8. The van der Waals surface area contributed by atoms with Gasteiger partial charge in [-0.3, -0.25) is 9.48 Å². The number of carbonyl (C=O) groups is 2. The number of hydrogen-bond donors (Lipinski definition) is 1. The number of likely N-dealkylation sites (N-methyl/N-ethyl adjacent to an activating group) is 1. The lowest BCUT2D eigenvalue weighted by molar-refractivity contribution is -0.138. The van der Waals surface area contributed by atoms with Gasteiger partial charge < -0.3 is 19.9 Å². The van der Waals surface area contributed by atoms with Gasteiger partial charge in [0.1, 0.15) is 6.61 Å². The van der Waals surface area contributed by atoms with Crippen molar-refractivity contribution in [1.82, 2.24) is 24.9 Å². The maximum atomic E-state index is 12.6. The summed E-state index contributed by atoms with van der Waals surface area (Å²) in [6.07, 6.45) is 9.01. The number of hydrogen-bond acceptors (Lipinski definition) is 4.